The number of hydrogen-bond donors (Lipinski definition) is 2. The molecule has 0 bridgehead atoms. The number of benzene rings is 1. The van der Waals surface area contributed by atoms with E-state index in [1.54, 1.807) is 18.2 Å². The van der Waals surface area contributed by atoms with Crippen LogP contribution in [0.4, 0.5) is 5.69 Å². The third-order valence-electron chi connectivity index (χ3n) is 3.57. The van der Waals surface area contributed by atoms with Crippen molar-refractivity contribution in [3.63, 3.8) is 0 Å². The third-order valence-corrected chi connectivity index (χ3v) is 5.23. The second-order valence-corrected chi connectivity index (χ2v) is 7.60. The Hall–Kier alpha value is -1.76. The Morgan fingerprint density at radius 2 is 2.19 bits per heavy atom. The van der Waals surface area contributed by atoms with E-state index in [9.17, 15) is 13.2 Å². The Kier molecular flexibility index (Phi) is 4.72. The normalized spacial score (nSPS) is 22.0. The molecule has 1 aliphatic carbocycles. The first-order valence-corrected chi connectivity index (χ1v) is 8.78. The smallest absolute Gasteiger partial charge is 0.255 e. The highest BCUT2D eigenvalue weighted by Gasteiger charge is 2.34. The molecule has 0 saturated heterocycles. The van der Waals surface area contributed by atoms with E-state index in [2.05, 4.69) is 5.32 Å². The molecule has 0 aromatic heterocycles. The van der Waals surface area contributed by atoms with Gasteiger partial charge in [-0.25, -0.2) is 8.42 Å². The quantitative estimate of drug-likeness (QED) is 0.814. The fourth-order valence-electron chi connectivity index (χ4n) is 2.65. The lowest BCUT2D eigenvalue weighted by Gasteiger charge is -2.21. The SMILES string of the molecule is CS(=O)(=O)C1CCCC1Nc1cccc(OCC(N)=O)c1. The van der Waals surface area contributed by atoms with Gasteiger partial charge >= 0.3 is 0 Å². The van der Waals surface area contributed by atoms with Crippen LogP contribution in [0, 0.1) is 0 Å². The minimum Gasteiger partial charge on any atom is -0.484 e. The van der Waals surface area contributed by atoms with Crippen LogP contribution >= 0.6 is 0 Å². The van der Waals surface area contributed by atoms with Gasteiger partial charge in [0.1, 0.15) is 5.75 Å². The molecule has 7 heteroatoms. The number of ether oxygens (including phenoxy) is 1. The second-order valence-electron chi connectivity index (χ2n) is 5.33. The zero-order valence-corrected chi connectivity index (χ0v) is 12.7. The molecular weight excluding hydrogens is 292 g/mol. The van der Waals surface area contributed by atoms with E-state index in [4.69, 9.17) is 10.5 Å². The van der Waals surface area contributed by atoms with E-state index in [0.717, 1.165) is 18.5 Å². The van der Waals surface area contributed by atoms with Crippen molar-refractivity contribution < 1.29 is 17.9 Å². The average Bonchev–Trinajstić information content (AvgIpc) is 2.85. The lowest BCUT2D eigenvalue weighted by Crippen LogP contribution is -2.34. The first-order chi connectivity index (χ1) is 9.86. The highest BCUT2D eigenvalue weighted by atomic mass is 32.2. The number of anilines is 1. The molecule has 116 valence electrons. The molecule has 1 fully saturated rings. The molecule has 1 amide bonds. The van der Waals surface area contributed by atoms with Crippen LogP contribution in [-0.2, 0) is 14.6 Å². The van der Waals surface area contributed by atoms with E-state index in [1.165, 1.54) is 6.26 Å². The standard InChI is InChI=1S/C14H20N2O4S/c1-21(18,19)13-7-3-6-12(13)16-10-4-2-5-11(8-10)20-9-14(15)17/h2,4-5,8,12-13,16H,3,6-7,9H2,1H3,(H2,15,17). The lowest BCUT2D eigenvalue weighted by atomic mass is 10.2. The van der Waals surface area contributed by atoms with Gasteiger partial charge in [-0.05, 0) is 31.4 Å². The molecule has 21 heavy (non-hydrogen) atoms. The summed E-state index contributed by atoms with van der Waals surface area (Å²) in [6.45, 7) is -0.182. The Labute approximate surface area is 124 Å². The number of nitrogens with two attached hydrogens (primary N) is 1. The van der Waals surface area contributed by atoms with Gasteiger partial charge in [-0.2, -0.15) is 0 Å². The molecule has 0 heterocycles. The van der Waals surface area contributed by atoms with Gasteiger partial charge in [0.2, 0.25) is 0 Å². The van der Waals surface area contributed by atoms with Gasteiger partial charge in [-0.3, -0.25) is 4.79 Å². The molecule has 2 unspecified atom stereocenters. The summed E-state index contributed by atoms with van der Waals surface area (Å²) < 4.78 is 28.8. The average molecular weight is 312 g/mol. The zero-order chi connectivity index (χ0) is 15.5. The molecule has 0 aliphatic heterocycles. The Bertz CT molecular complexity index is 615. The van der Waals surface area contributed by atoms with Crippen molar-refractivity contribution in [1.29, 1.82) is 0 Å². The summed E-state index contributed by atoms with van der Waals surface area (Å²) in [6, 6.07) is 6.99. The second kappa shape index (κ2) is 6.34. The number of primary amides is 1. The molecule has 3 N–H and O–H groups in total. The zero-order valence-electron chi connectivity index (χ0n) is 11.9. The first kappa shape index (κ1) is 15.6. The number of sulfone groups is 1. The van der Waals surface area contributed by atoms with Crippen molar-refractivity contribution in [3.05, 3.63) is 24.3 Å². The van der Waals surface area contributed by atoms with E-state index in [1.807, 2.05) is 6.07 Å². The van der Waals surface area contributed by atoms with Gasteiger partial charge in [0.05, 0.1) is 5.25 Å². The predicted molar refractivity (Wildman–Crippen MR) is 81.0 cm³/mol. The summed E-state index contributed by atoms with van der Waals surface area (Å²) in [5, 5.41) is 2.90. The molecule has 6 nitrogen and oxygen atoms in total. The van der Waals surface area contributed by atoms with Crippen LogP contribution in [0.25, 0.3) is 0 Å². The summed E-state index contributed by atoms with van der Waals surface area (Å²) >= 11 is 0. The van der Waals surface area contributed by atoms with E-state index in [-0.39, 0.29) is 17.9 Å². The minimum absolute atomic E-state index is 0.0913. The number of amides is 1. The molecule has 2 rings (SSSR count). The van der Waals surface area contributed by atoms with Crippen LogP contribution in [0.2, 0.25) is 0 Å². The van der Waals surface area contributed by atoms with Crippen molar-refractivity contribution in [1.82, 2.24) is 0 Å². The predicted octanol–water partition coefficient (Wildman–Crippen LogP) is 0.928. The molecular formula is C14H20N2O4S. The summed E-state index contributed by atoms with van der Waals surface area (Å²) in [5.74, 6) is -0.0194. The largest absolute Gasteiger partial charge is 0.484 e. The van der Waals surface area contributed by atoms with Gasteiger partial charge < -0.3 is 15.8 Å². The first-order valence-electron chi connectivity index (χ1n) is 6.83. The lowest BCUT2D eigenvalue weighted by molar-refractivity contribution is -0.119. The molecule has 1 aromatic rings. The van der Waals surface area contributed by atoms with Gasteiger partial charge in [-0.15, -0.1) is 0 Å². The maximum absolute atomic E-state index is 11.8. The van der Waals surface area contributed by atoms with Crippen molar-refractivity contribution in [2.45, 2.75) is 30.6 Å². The van der Waals surface area contributed by atoms with Crippen LogP contribution < -0.4 is 15.8 Å². The summed E-state index contributed by atoms with van der Waals surface area (Å²) in [5.41, 5.74) is 5.81. The van der Waals surface area contributed by atoms with Crippen molar-refractivity contribution in [3.8, 4) is 5.75 Å². The topological polar surface area (TPSA) is 98.5 Å². The number of carbonyl (C=O) groups is 1. The molecule has 2 atom stereocenters. The van der Waals surface area contributed by atoms with Gasteiger partial charge in [-0.1, -0.05) is 6.07 Å². The van der Waals surface area contributed by atoms with Gasteiger partial charge in [0, 0.05) is 24.1 Å². The highest BCUT2D eigenvalue weighted by Crippen LogP contribution is 2.29. The maximum Gasteiger partial charge on any atom is 0.255 e. The van der Waals surface area contributed by atoms with E-state index >= 15 is 0 Å². The van der Waals surface area contributed by atoms with Crippen LogP contribution in [0.15, 0.2) is 24.3 Å². The molecule has 1 aromatic carbocycles. The molecule has 1 aliphatic rings. The van der Waals surface area contributed by atoms with Gasteiger partial charge in [0.25, 0.3) is 5.91 Å². The third kappa shape index (κ3) is 4.35. The number of rotatable bonds is 6. The Balaban J connectivity index is 2.05. The van der Waals surface area contributed by atoms with Crippen LogP contribution in [-0.4, -0.2) is 38.5 Å². The number of carbonyl (C=O) groups excluding carboxylic acids is 1. The fraction of sp³-hybridized carbons (Fsp3) is 0.500. The molecule has 1 saturated carbocycles. The summed E-state index contributed by atoms with van der Waals surface area (Å²) in [4.78, 5) is 10.7. The fourth-order valence-corrected chi connectivity index (χ4v) is 4.04. The van der Waals surface area contributed by atoms with Gasteiger partial charge in [0.15, 0.2) is 16.4 Å². The molecule has 0 radical (unpaired) electrons. The Morgan fingerprint density at radius 3 is 2.86 bits per heavy atom. The van der Waals surface area contributed by atoms with Crippen molar-refractivity contribution in [2.75, 3.05) is 18.2 Å². The van der Waals surface area contributed by atoms with E-state index < -0.39 is 15.7 Å². The van der Waals surface area contributed by atoms with Crippen LogP contribution in [0.5, 0.6) is 5.75 Å². The van der Waals surface area contributed by atoms with Crippen LogP contribution in [0.3, 0.4) is 0 Å². The highest BCUT2D eigenvalue weighted by molar-refractivity contribution is 7.91. The number of nitrogens with one attached hydrogen (secondary N) is 1. The Morgan fingerprint density at radius 1 is 1.43 bits per heavy atom. The molecule has 0 spiro atoms. The van der Waals surface area contributed by atoms with E-state index in [0.29, 0.717) is 12.2 Å². The van der Waals surface area contributed by atoms with Crippen molar-refractivity contribution >= 4 is 21.4 Å². The van der Waals surface area contributed by atoms with Crippen LogP contribution in [0.1, 0.15) is 19.3 Å². The summed E-state index contributed by atoms with van der Waals surface area (Å²) in [6.07, 6.45) is 3.69. The number of hydrogen-bond acceptors (Lipinski definition) is 5. The minimum atomic E-state index is -3.06. The van der Waals surface area contributed by atoms with Crippen molar-refractivity contribution in [2.24, 2.45) is 5.73 Å². The maximum atomic E-state index is 11.8. The monoisotopic (exact) mass is 312 g/mol. The summed E-state index contributed by atoms with van der Waals surface area (Å²) in [7, 11) is -3.06.